The van der Waals surface area contributed by atoms with Gasteiger partial charge in [-0.05, 0) is 43.4 Å². The van der Waals surface area contributed by atoms with Crippen LogP contribution in [0.4, 0.5) is 0 Å². The van der Waals surface area contributed by atoms with Crippen LogP contribution in [-0.2, 0) is 12.8 Å². The van der Waals surface area contributed by atoms with Crippen LogP contribution in [0.5, 0.6) is 0 Å². The van der Waals surface area contributed by atoms with Crippen molar-refractivity contribution in [2.45, 2.75) is 64.0 Å². The van der Waals surface area contributed by atoms with Gasteiger partial charge >= 0.3 is 0 Å². The van der Waals surface area contributed by atoms with Crippen molar-refractivity contribution in [1.29, 1.82) is 0 Å². The summed E-state index contributed by atoms with van der Waals surface area (Å²) in [6.45, 7) is 5.22. The number of rotatable bonds is 7. The van der Waals surface area contributed by atoms with Gasteiger partial charge in [-0.15, -0.1) is 24.0 Å². The van der Waals surface area contributed by atoms with Gasteiger partial charge in [-0.1, -0.05) is 37.1 Å². The van der Waals surface area contributed by atoms with Crippen LogP contribution in [0.1, 0.15) is 50.4 Å². The molecule has 0 spiro atoms. The fraction of sp³-hybridized carbons (Fsp3) is 0.609. The van der Waals surface area contributed by atoms with Crippen LogP contribution in [0.3, 0.4) is 0 Å². The molecule has 2 N–H and O–H groups in total. The van der Waals surface area contributed by atoms with E-state index in [-0.39, 0.29) is 24.0 Å². The Morgan fingerprint density at radius 3 is 2.65 bits per heavy atom. The number of aliphatic imine (C=N–C) groups is 1. The van der Waals surface area contributed by atoms with Crippen LogP contribution in [0, 0.1) is 0 Å². The molecule has 7 nitrogen and oxygen atoms in total. The molecule has 170 valence electrons. The standard InChI is InChI=1S/C23H34N6O.HI/c1-3-21-27-22(30-28-21)18-10-8-17(9-11-18)12-14-25-23(24-2)26-19-13-15-29(16-19)20-6-4-5-7-20;/h8-11,19-20H,3-7,12-16H2,1-2H3,(H2,24,25,26);1H. The number of likely N-dealkylation sites (tertiary alicyclic amines) is 1. The number of benzene rings is 1. The lowest BCUT2D eigenvalue weighted by Gasteiger charge is -2.24. The summed E-state index contributed by atoms with van der Waals surface area (Å²) in [5.74, 6) is 2.23. The second-order valence-electron chi connectivity index (χ2n) is 8.38. The van der Waals surface area contributed by atoms with Gasteiger partial charge in [-0.25, -0.2) is 0 Å². The third-order valence-electron chi connectivity index (χ3n) is 6.32. The normalized spacial score (nSPS) is 20.1. The van der Waals surface area contributed by atoms with E-state index in [2.05, 4.69) is 42.8 Å². The van der Waals surface area contributed by atoms with Gasteiger partial charge in [0.25, 0.3) is 5.89 Å². The van der Waals surface area contributed by atoms with E-state index in [9.17, 15) is 0 Å². The van der Waals surface area contributed by atoms with Crippen molar-refractivity contribution in [2.75, 3.05) is 26.7 Å². The summed E-state index contributed by atoms with van der Waals surface area (Å²) < 4.78 is 5.31. The van der Waals surface area contributed by atoms with Gasteiger partial charge in [-0.2, -0.15) is 4.98 Å². The van der Waals surface area contributed by atoms with Crippen molar-refractivity contribution < 1.29 is 4.52 Å². The monoisotopic (exact) mass is 538 g/mol. The molecule has 1 unspecified atom stereocenters. The number of hydrogen-bond acceptors (Lipinski definition) is 5. The van der Waals surface area contributed by atoms with Crippen molar-refractivity contribution in [3.63, 3.8) is 0 Å². The number of halogens is 1. The minimum Gasteiger partial charge on any atom is -0.356 e. The summed E-state index contributed by atoms with van der Waals surface area (Å²) in [4.78, 5) is 11.5. The van der Waals surface area contributed by atoms with Crippen LogP contribution in [-0.4, -0.2) is 59.8 Å². The van der Waals surface area contributed by atoms with Gasteiger partial charge in [0, 0.05) is 50.7 Å². The van der Waals surface area contributed by atoms with Gasteiger partial charge in [0.05, 0.1) is 0 Å². The zero-order valence-corrected chi connectivity index (χ0v) is 21.0. The largest absolute Gasteiger partial charge is 0.356 e. The first-order valence-electron chi connectivity index (χ1n) is 11.4. The van der Waals surface area contributed by atoms with Crippen LogP contribution in [0.15, 0.2) is 33.8 Å². The van der Waals surface area contributed by atoms with E-state index in [0.717, 1.165) is 49.3 Å². The smallest absolute Gasteiger partial charge is 0.257 e. The van der Waals surface area contributed by atoms with Gasteiger partial charge < -0.3 is 15.2 Å². The van der Waals surface area contributed by atoms with Gasteiger partial charge in [-0.3, -0.25) is 9.89 Å². The molecule has 4 rings (SSSR count). The quantitative estimate of drug-likeness (QED) is 0.319. The summed E-state index contributed by atoms with van der Waals surface area (Å²) in [5.41, 5.74) is 2.23. The van der Waals surface area contributed by atoms with E-state index < -0.39 is 0 Å². The molecule has 2 fully saturated rings. The molecule has 1 saturated heterocycles. The van der Waals surface area contributed by atoms with E-state index in [1.165, 1.54) is 44.2 Å². The summed E-state index contributed by atoms with van der Waals surface area (Å²) in [6.07, 6.45) is 8.48. The fourth-order valence-electron chi connectivity index (χ4n) is 4.55. The highest BCUT2D eigenvalue weighted by atomic mass is 127. The molecule has 2 aromatic rings. The molecule has 1 aromatic carbocycles. The summed E-state index contributed by atoms with van der Waals surface area (Å²) >= 11 is 0. The minimum absolute atomic E-state index is 0. The molecule has 0 bridgehead atoms. The first-order valence-corrected chi connectivity index (χ1v) is 11.4. The molecule has 0 amide bonds. The maximum absolute atomic E-state index is 5.31. The van der Waals surface area contributed by atoms with Crippen LogP contribution < -0.4 is 10.6 Å². The SMILES string of the molecule is CCc1noc(-c2ccc(CCNC(=NC)NC3CCN(C4CCCC4)C3)cc2)n1.I. The number of nitrogens with one attached hydrogen (secondary N) is 2. The molecule has 1 atom stereocenters. The predicted octanol–water partition coefficient (Wildman–Crippen LogP) is 3.64. The lowest BCUT2D eigenvalue weighted by molar-refractivity contribution is 0.242. The Morgan fingerprint density at radius 2 is 1.97 bits per heavy atom. The molecule has 31 heavy (non-hydrogen) atoms. The van der Waals surface area contributed by atoms with Crippen LogP contribution in [0.25, 0.3) is 11.5 Å². The highest BCUT2D eigenvalue weighted by molar-refractivity contribution is 14.0. The first kappa shape index (κ1) is 24.0. The predicted molar refractivity (Wildman–Crippen MR) is 135 cm³/mol. The Bertz CT molecular complexity index is 831. The Labute approximate surface area is 202 Å². The van der Waals surface area contributed by atoms with E-state index >= 15 is 0 Å². The van der Waals surface area contributed by atoms with Crippen molar-refractivity contribution in [3.05, 3.63) is 35.7 Å². The zero-order chi connectivity index (χ0) is 20.8. The molecule has 2 heterocycles. The minimum atomic E-state index is 0. The van der Waals surface area contributed by atoms with Crippen molar-refractivity contribution >= 4 is 29.9 Å². The maximum Gasteiger partial charge on any atom is 0.257 e. The van der Waals surface area contributed by atoms with Crippen molar-refractivity contribution in [2.24, 2.45) is 4.99 Å². The third kappa shape index (κ3) is 6.41. The van der Waals surface area contributed by atoms with E-state index in [0.29, 0.717) is 11.9 Å². The molecule has 1 aliphatic heterocycles. The summed E-state index contributed by atoms with van der Waals surface area (Å²) in [6, 6.07) is 9.66. The summed E-state index contributed by atoms with van der Waals surface area (Å²) in [7, 11) is 1.85. The fourth-order valence-corrected chi connectivity index (χ4v) is 4.55. The number of nitrogens with zero attached hydrogens (tertiary/aromatic N) is 4. The van der Waals surface area contributed by atoms with E-state index in [1.54, 1.807) is 0 Å². The molecule has 1 aromatic heterocycles. The van der Waals surface area contributed by atoms with Gasteiger partial charge in [0.15, 0.2) is 11.8 Å². The van der Waals surface area contributed by atoms with Gasteiger partial charge in [0.1, 0.15) is 0 Å². The topological polar surface area (TPSA) is 78.6 Å². The number of aromatic nitrogens is 2. The van der Waals surface area contributed by atoms with Crippen LogP contribution >= 0.6 is 24.0 Å². The average molecular weight is 538 g/mol. The first-order chi connectivity index (χ1) is 14.7. The second-order valence-corrected chi connectivity index (χ2v) is 8.38. The molecule has 2 aliphatic rings. The lowest BCUT2D eigenvalue weighted by atomic mass is 10.1. The van der Waals surface area contributed by atoms with Crippen LogP contribution in [0.2, 0.25) is 0 Å². The Balaban J connectivity index is 0.00000272. The van der Waals surface area contributed by atoms with Crippen molar-refractivity contribution in [3.8, 4) is 11.5 Å². The lowest BCUT2D eigenvalue weighted by Crippen LogP contribution is -2.45. The Kier molecular flexibility index (Phi) is 9.13. The number of aryl methyl sites for hydroxylation is 1. The third-order valence-corrected chi connectivity index (χ3v) is 6.32. The van der Waals surface area contributed by atoms with Gasteiger partial charge in [0.2, 0.25) is 0 Å². The molecule has 0 radical (unpaired) electrons. The molecule has 8 heteroatoms. The zero-order valence-electron chi connectivity index (χ0n) is 18.6. The highest BCUT2D eigenvalue weighted by Crippen LogP contribution is 2.26. The van der Waals surface area contributed by atoms with Crippen molar-refractivity contribution in [1.82, 2.24) is 25.7 Å². The number of guanidine groups is 1. The summed E-state index contributed by atoms with van der Waals surface area (Å²) in [5, 5.41) is 11.0. The second kappa shape index (κ2) is 11.8. The van der Waals surface area contributed by atoms with E-state index in [1.807, 2.05) is 26.1 Å². The Morgan fingerprint density at radius 1 is 1.19 bits per heavy atom. The number of hydrogen-bond donors (Lipinski definition) is 2. The molecular weight excluding hydrogens is 503 g/mol. The molecule has 1 aliphatic carbocycles. The average Bonchev–Trinajstić information content (AvgIpc) is 3.55. The molecule has 1 saturated carbocycles. The Hall–Kier alpha value is -1.68. The maximum atomic E-state index is 5.31. The van der Waals surface area contributed by atoms with E-state index in [4.69, 9.17) is 4.52 Å². The molecular formula is C23H35IN6O. The highest BCUT2D eigenvalue weighted by Gasteiger charge is 2.30.